The molecule has 1 unspecified atom stereocenters. The van der Waals surface area contributed by atoms with Crippen molar-refractivity contribution < 1.29 is 9.59 Å². The van der Waals surface area contributed by atoms with E-state index >= 15 is 0 Å². The molecular weight excluding hydrogens is 364 g/mol. The highest BCUT2D eigenvalue weighted by Gasteiger charge is 2.29. The molecular formula is C23H36N4O2. The fourth-order valence-electron chi connectivity index (χ4n) is 4.45. The van der Waals surface area contributed by atoms with Gasteiger partial charge in [-0.15, -0.1) is 0 Å². The summed E-state index contributed by atoms with van der Waals surface area (Å²) in [5.74, 6) is 0.544. The minimum atomic E-state index is 0.0635. The second kappa shape index (κ2) is 10.7. The van der Waals surface area contributed by atoms with Crippen LogP contribution >= 0.6 is 0 Å². The highest BCUT2D eigenvalue weighted by atomic mass is 16.2. The van der Waals surface area contributed by atoms with E-state index in [0.717, 1.165) is 51.9 Å². The first-order valence-electron chi connectivity index (χ1n) is 11.0. The maximum absolute atomic E-state index is 12.7. The normalized spacial score (nSPS) is 19.9. The van der Waals surface area contributed by atoms with Crippen LogP contribution in [0.3, 0.4) is 0 Å². The number of piperidine rings is 2. The van der Waals surface area contributed by atoms with Crippen molar-refractivity contribution in [1.29, 1.82) is 0 Å². The number of hydrogen-bond donors (Lipinski definition) is 1. The highest BCUT2D eigenvalue weighted by molar-refractivity contribution is 5.79. The Hall–Kier alpha value is -1.92. The summed E-state index contributed by atoms with van der Waals surface area (Å²) in [5, 5.41) is 3.10. The zero-order valence-corrected chi connectivity index (χ0v) is 18.0. The number of nitrogens with zero attached hydrogens (tertiary/aromatic N) is 3. The van der Waals surface area contributed by atoms with Gasteiger partial charge in [0.25, 0.3) is 0 Å². The Kier molecular flexibility index (Phi) is 8.07. The predicted molar refractivity (Wildman–Crippen MR) is 115 cm³/mol. The molecule has 0 spiro atoms. The number of likely N-dealkylation sites (N-methyl/N-ethyl adjacent to an activating group) is 1. The number of carbonyl (C=O) groups is 2. The molecule has 0 radical (unpaired) electrons. The summed E-state index contributed by atoms with van der Waals surface area (Å²) in [6.07, 6.45) is 5.26. The van der Waals surface area contributed by atoms with Crippen LogP contribution in [0.4, 0.5) is 0 Å². The summed E-state index contributed by atoms with van der Waals surface area (Å²) in [6.45, 7) is 4.52. The maximum atomic E-state index is 12.7. The zero-order valence-electron chi connectivity index (χ0n) is 18.0. The Bertz CT molecular complexity index is 650. The Balaban J connectivity index is 1.40. The van der Waals surface area contributed by atoms with Crippen molar-refractivity contribution in [2.45, 2.75) is 38.1 Å². The van der Waals surface area contributed by atoms with E-state index in [1.807, 2.05) is 32.3 Å². The molecule has 3 rings (SSSR count). The molecule has 1 atom stereocenters. The van der Waals surface area contributed by atoms with Crippen molar-refractivity contribution in [2.24, 2.45) is 5.92 Å². The van der Waals surface area contributed by atoms with Gasteiger partial charge in [-0.2, -0.15) is 0 Å². The molecule has 6 heteroatoms. The average Bonchev–Trinajstić information content (AvgIpc) is 2.75. The van der Waals surface area contributed by atoms with Gasteiger partial charge in [0.15, 0.2) is 0 Å². The molecule has 2 amide bonds. The SMILES string of the molecule is CN(C)C(CNC(=O)CN1CCC(C(=O)N2CCCCC2)CC1)c1ccccc1. The van der Waals surface area contributed by atoms with E-state index < -0.39 is 0 Å². The van der Waals surface area contributed by atoms with Crippen molar-refractivity contribution >= 4 is 11.8 Å². The lowest BCUT2D eigenvalue weighted by Crippen LogP contribution is -2.47. The van der Waals surface area contributed by atoms with Crippen LogP contribution in [0.1, 0.15) is 43.7 Å². The van der Waals surface area contributed by atoms with E-state index in [1.54, 1.807) is 0 Å². The molecule has 2 heterocycles. The van der Waals surface area contributed by atoms with Crippen LogP contribution in [0.25, 0.3) is 0 Å². The number of benzene rings is 1. The van der Waals surface area contributed by atoms with Gasteiger partial charge in [0.2, 0.25) is 11.8 Å². The quantitative estimate of drug-likeness (QED) is 0.762. The van der Waals surface area contributed by atoms with Gasteiger partial charge in [-0.25, -0.2) is 0 Å². The highest BCUT2D eigenvalue weighted by Crippen LogP contribution is 2.22. The lowest BCUT2D eigenvalue weighted by atomic mass is 9.94. The first kappa shape index (κ1) is 21.8. The van der Waals surface area contributed by atoms with Crippen LogP contribution in [0.15, 0.2) is 30.3 Å². The molecule has 29 heavy (non-hydrogen) atoms. The first-order chi connectivity index (χ1) is 14.0. The van der Waals surface area contributed by atoms with Gasteiger partial charge in [0.1, 0.15) is 0 Å². The summed E-state index contributed by atoms with van der Waals surface area (Å²) >= 11 is 0. The summed E-state index contributed by atoms with van der Waals surface area (Å²) in [6, 6.07) is 10.4. The van der Waals surface area contributed by atoms with E-state index in [1.165, 1.54) is 12.0 Å². The number of rotatable bonds is 7. The number of nitrogens with one attached hydrogen (secondary N) is 1. The minimum absolute atomic E-state index is 0.0635. The van der Waals surface area contributed by atoms with Crippen molar-refractivity contribution in [3.63, 3.8) is 0 Å². The first-order valence-corrected chi connectivity index (χ1v) is 11.0. The molecule has 0 aromatic heterocycles. The van der Waals surface area contributed by atoms with Gasteiger partial charge in [-0.3, -0.25) is 14.5 Å². The predicted octanol–water partition coefficient (Wildman–Crippen LogP) is 2.13. The fraction of sp³-hybridized carbons (Fsp3) is 0.652. The molecule has 6 nitrogen and oxygen atoms in total. The average molecular weight is 401 g/mol. The van der Waals surface area contributed by atoms with Gasteiger partial charge >= 0.3 is 0 Å². The summed E-state index contributed by atoms with van der Waals surface area (Å²) in [7, 11) is 4.07. The van der Waals surface area contributed by atoms with Crippen LogP contribution in [0.5, 0.6) is 0 Å². The topological polar surface area (TPSA) is 55.9 Å². The largest absolute Gasteiger partial charge is 0.353 e. The molecule has 2 fully saturated rings. The Morgan fingerprint density at radius 1 is 1.03 bits per heavy atom. The molecule has 0 bridgehead atoms. The molecule has 0 aliphatic carbocycles. The Labute approximate surface area is 175 Å². The third-order valence-corrected chi connectivity index (χ3v) is 6.27. The van der Waals surface area contributed by atoms with Gasteiger partial charge in [0.05, 0.1) is 12.6 Å². The molecule has 2 aliphatic heterocycles. The minimum Gasteiger partial charge on any atom is -0.353 e. The van der Waals surface area contributed by atoms with Crippen LogP contribution in [0.2, 0.25) is 0 Å². The van der Waals surface area contributed by atoms with Crippen molar-refractivity contribution in [2.75, 3.05) is 53.4 Å². The van der Waals surface area contributed by atoms with E-state index in [0.29, 0.717) is 19.0 Å². The molecule has 0 saturated carbocycles. The Morgan fingerprint density at radius 3 is 2.31 bits per heavy atom. The summed E-state index contributed by atoms with van der Waals surface area (Å²) in [5.41, 5.74) is 1.20. The lowest BCUT2D eigenvalue weighted by Gasteiger charge is -2.35. The molecule has 2 aliphatic rings. The van der Waals surface area contributed by atoms with Gasteiger partial charge in [-0.05, 0) is 64.9 Å². The van der Waals surface area contributed by atoms with Gasteiger partial charge in [-0.1, -0.05) is 30.3 Å². The lowest BCUT2D eigenvalue weighted by molar-refractivity contribution is -0.138. The van der Waals surface area contributed by atoms with Crippen LogP contribution < -0.4 is 5.32 Å². The second-order valence-electron chi connectivity index (χ2n) is 8.63. The maximum Gasteiger partial charge on any atom is 0.234 e. The van der Waals surface area contributed by atoms with Gasteiger partial charge in [0, 0.05) is 25.6 Å². The van der Waals surface area contributed by atoms with Gasteiger partial charge < -0.3 is 15.1 Å². The standard InChI is InChI=1S/C23H36N4O2/c1-25(2)21(19-9-5-3-6-10-19)17-24-22(28)18-26-15-11-20(12-16-26)23(29)27-13-7-4-8-14-27/h3,5-6,9-10,20-21H,4,7-8,11-18H2,1-2H3,(H,24,28). The third-order valence-electron chi connectivity index (χ3n) is 6.27. The summed E-state index contributed by atoms with van der Waals surface area (Å²) in [4.78, 5) is 31.5. The molecule has 1 aromatic carbocycles. The van der Waals surface area contributed by atoms with Crippen LogP contribution in [0, 0.1) is 5.92 Å². The second-order valence-corrected chi connectivity index (χ2v) is 8.63. The monoisotopic (exact) mass is 400 g/mol. The van der Waals surface area contributed by atoms with Crippen molar-refractivity contribution in [3.05, 3.63) is 35.9 Å². The molecule has 160 valence electrons. The zero-order chi connectivity index (χ0) is 20.6. The number of hydrogen-bond acceptors (Lipinski definition) is 4. The fourth-order valence-corrected chi connectivity index (χ4v) is 4.45. The smallest absolute Gasteiger partial charge is 0.234 e. The molecule has 2 saturated heterocycles. The van der Waals surface area contributed by atoms with Crippen molar-refractivity contribution in [1.82, 2.24) is 20.0 Å². The number of carbonyl (C=O) groups excluding carboxylic acids is 2. The number of likely N-dealkylation sites (tertiary alicyclic amines) is 2. The molecule has 1 aromatic rings. The molecule has 1 N–H and O–H groups in total. The van der Waals surface area contributed by atoms with E-state index in [-0.39, 0.29) is 17.9 Å². The van der Waals surface area contributed by atoms with E-state index in [2.05, 4.69) is 32.1 Å². The van der Waals surface area contributed by atoms with Crippen LogP contribution in [-0.2, 0) is 9.59 Å². The number of amides is 2. The van der Waals surface area contributed by atoms with Crippen LogP contribution in [-0.4, -0.2) is 79.9 Å². The Morgan fingerprint density at radius 2 is 1.69 bits per heavy atom. The van der Waals surface area contributed by atoms with Crippen molar-refractivity contribution in [3.8, 4) is 0 Å². The van der Waals surface area contributed by atoms with E-state index in [9.17, 15) is 9.59 Å². The van der Waals surface area contributed by atoms with E-state index in [4.69, 9.17) is 0 Å². The third kappa shape index (κ3) is 6.28. The summed E-state index contributed by atoms with van der Waals surface area (Å²) < 4.78 is 0.